The van der Waals surface area contributed by atoms with Gasteiger partial charge in [-0.25, -0.2) is 4.98 Å². The number of aryl methyl sites for hydroxylation is 2. The summed E-state index contributed by atoms with van der Waals surface area (Å²) >= 11 is 13.2. The number of hydrogen-bond acceptors (Lipinski definition) is 5. The number of thioether (sulfide) groups is 1. The third-order valence-corrected chi connectivity index (χ3v) is 6.24. The normalized spacial score (nSPS) is 10.9. The largest absolute Gasteiger partial charge is 0.309 e. The van der Waals surface area contributed by atoms with Crippen LogP contribution in [-0.2, 0) is 4.79 Å². The number of carbonyl (C=O) groups is 1. The molecule has 6 nitrogen and oxygen atoms in total. The molecule has 4 rings (SSSR count). The zero-order valence-electron chi connectivity index (χ0n) is 17.3. The van der Waals surface area contributed by atoms with Crippen molar-refractivity contribution in [3.05, 3.63) is 82.0 Å². The molecule has 0 spiro atoms. The molecule has 9 heteroatoms. The molecule has 0 bridgehead atoms. The van der Waals surface area contributed by atoms with Crippen molar-refractivity contribution in [3.8, 4) is 17.1 Å². The van der Waals surface area contributed by atoms with Crippen molar-refractivity contribution < 1.29 is 4.79 Å². The average Bonchev–Trinajstić information content (AvgIpc) is 3.21. The second-order valence-electron chi connectivity index (χ2n) is 7.10. The summed E-state index contributed by atoms with van der Waals surface area (Å²) in [5.74, 6) is 0.822. The van der Waals surface area contributed by atoms with E-state index >= 15 is 0 Å². The Labute approximate surface area is 200 Å². The van der Waals surface area contributed by atoms with Crippen LogP contribution in [0.3, 0.4) is 0 Å². The van der Waals surface area contributed by atoms with Gasteiger partial charge in [0, 0.05) is 11.8 Å². The first kappa shape index (κ1) is 22.3. The maximum absolute atomic E-state index is 12.5. The molecule has 2 aromatic heterocycles. The van der Waals surface area contributed by atoms with E-state index in [-0.39, 0.29) is 22.5 Å². The number of amides is 1. The summed E-state index contributed by atoms with van der Waals surface area (Å²) in [7, 11) is 0. The number of benzene rings is 2. The molecule has 0 unspecified atom stereocenters. The Balaban J connectivity index is 1.61. The van der Waals surface area contributed by atoms with Crippen molar-refractivity contribution in [3.63, 3.8) is 0 Å². The molecule has 0 fully saturated rings. The van der Waals surface area contributed by atoms with E-state index in [0.29, 0.717) is 16.0 Å². The summed E-state index contributed by atoms with van der Waals surface area (Å²) in [6.07, 6.45) is 1.43. The van der Waals surface area contributed by atoms with Crippen molar-refractivity contribution >= 4 is 46.7 Å². The van der Waals surface area contributed by atoms with Crippen LogP contribution in [0.25, 0.3) is 17.1 Å². The second-order valence-corrected chi connectivity index (χ2v) is 8.88. The molecule has 0 aliphatic heterocycles. The zero-order chi connectivity index (χ0) is 22.7. The highest BCUT2D eigenvalue weighted by Crippen LogP contribution is 2.29. The van der Waals surface area contributed by atoms with Crippen LogP contribution in [0.2, 0.25) is 10.0 Å². The number of nitrogens with one attached hydrogen (secondary N) is 1. The molecule has 0 aliphatic carbocycles. The van der Waals surface area contributed by atoms with Gasteiger partial charge in [0.25, 0.3) is 0 Å². The number of nitrogens with zero attached hydrogens (tertiary/aromatic N) is 4. The lowest BCUT2D eigenvalue weighted by Gasteiger charge is -2.12. The summed E-state index contributed by atoms with van der Waals surface area (Å²) in [6.45, 7) is 4.13. The van der Waals surface area contributed by atoms with Crippen LogP contribution < -0.4 is 5.32 Å². The Morgan fingerprint density at radius 2 is 1.81 bits per heavy atom. The van der Waals surface area contributed by atoms with Gasteiger partial charge in [-0.3, -0.25) is 9.36 Å². The number of halogens is 2. The van der Waals surface area contributed by atoms with Crippen LogP contribution in [0.15, 0.2) is 66.0 Å². The van der Waals surface area contributed by atoms with E-state index in [0.717, 1.165) is 16.8 Å². The Morgan fingerprint density at radius 1 is 1.03 bits per heavy atom. The fourth-order valence-electron chi connectivity index (χ4n) is 3.04. The third-order valence-electron chi connectivity index (χ3n) is 4.81. The van der Waals surface area contributed by atoms with Gasteiger partial charge >= 0.3 is 0 Å². The number of hydrogen-bond donors (Lipinski definition) is 1. The molecule has 1 amide bonds. The molecule has 162 valence electrons. The molecule has 4 aromatic rings. The van der Waals surface area contributed by atoms with Crippen LogP contribution in [0.4, 0.5) is 5.82 Å². The molecular weight excluding hydrogens is 465 g/mol. The lowest BCUT2D eigenvalue weighted by molar-refractivity contribution is -0.113. The number of aromatic nitrogens is 4. The Bertz CT molecular complexity index is 1280. The molecule has 0 saturated heterocycles. The maximum Gasteiger partial charge on any atom is 0.236 e. The minimum absolute atomic E-state index is 0.110. The van der Waals surface area contributed by atoms with E-state index in [1.54, 1.807) is 0 Å². The van der Waals surface area contributed by atoms with E-state index < -0.39 is 0 Å². The van der Waals surface area contributed by atoms with E-state index in [4.69, 9.17) is 23.2 Å². The first-order chi connectivity index (χ1) is 15.4. The van der Waals surface area contributed by atoms with E-state index in [9.17, 15) is 4.79 Å². The van der Waals surface area contributed by atoms with Crippen molar-refractivity contribution in [2.75, 3.05) is 11.1 Å². The highest BCUT2D eigenvalue weighted by Gasteiger charge is 2.18. The van der Waals surface area contributed by atoms with Gasteiger partial charge in [0.1, 0.15) is 0 Å². The van der Waals surface area contributed by atoms with E-state index in [2.05, 4.69) is 46.5 Å². The fraction of sp³-hybridized carbons (Fsp3) is 0.130. The molecule has 2 aromatic carbocycles. The summed E-state index contributed by atoms with van der Waals surface area (Å²) < 4.78 is 1.97. The number of pyridine rings is 1. The zero-order valence-corrected chi connectivity index (χ0v) is 19.7. The quantitative estimate of drug-likeness (QED) is 0.341. The van der Waals surface area contributed by atoms with Crippen LogP contribution in [0, 0.1) is 13.8 Å². The van der Waals surface area contributed by atoms with Gasteiger partial charge in [0.2, 0.25) is 5.91 Å². The highest BCUT2D eigenvalue weighted by molar-refractivity contribution is 7.99. The summed E-state index contributed by atoms with van der Waals surface area (Å²) in [6, 6.07) is 17.5. The van der Waals surface area contributed by atoms with Gasteiger partial charge in [-0.1, -0.05) is 71.4 Å². The molecular formula is C23H19Cl2N5OS. The van der Waals surface area contributed by atoms with Crippen molar-refractivity contribution in [1.82, 2.24) is 19.7 Å². The van der Waals surface area contributed by atoms with Crippen LogP contribution in [0.1, 0.15) is 11.1 Å². The van der Waals surface area contributed by atoms with Gasteiger partial charge in [-0.05, 0) is 43.2 Å². The highest BCUT2D eigenvalue weighted by atomic mass is 35.5. The average molecular weight is 484 g/mol. The van der Waals surface area contributed by atoms with Gasteiger partial charge in [-0.15, -0.1) is 10.2 Å². The third kappa shape index (κ3) is 4.96. The smallest absolute Gasteiger partial charge is 0.236 e. The molecule has 2 heterocycles. The summed E-state index contributed by atoms with van der Waals surface area (Å²) in [5, 5.41) is 12.8. The molecule has 0 saturated carbocycles. The standard InChI is InChI=1S/C23H19Cl2N5OS/c1-14-8-9-18(10-15(14)2)30-22(16-6-4-3-5-7-16)28-29-23(30)32-13-20(31)27-21-19(25)11-17(24)12-26-21/h3-12H,13H2,1-2H3,(H,26,27,31). The van der Waals surface area contributed by atoms with Crippen molar-refractivity contribution in [2.24, 2.45) is 0 Å². The Morgan fingerprint density at radius 3 is 2.53 bits per heavy atom. The molecule has 1 N–H and O–H groups in total. The Hall–Kier alpha value is -2.87. The van der Waals surface area contributed by atoms with Crippen LogP contribution >= 0.6 is 35.0 Å². The van der Waals surface area contributed by atoms with Crippen LogP contribution in [0.5, 0.6) is 0 Å². The monoisotopic (exact) mass is 483 g/mol. The SMILES string of the molecule is Cc1ccc(-n2c(SCC(=O)Nc3ncc(Cl)cc3Cl)nnc2-c2ccccc2)cc1C. The summed E-state index contributed by atoms with van der Waals surface area (Å²) in [4.78, 5) is 16.6. The van der Waals surface area contributed by atoms with Gasteiger partial charge in [0.15, 0.2) is 16.8 Å². The fourth-order valence-corrected chi connectivity index (χ4v) is 4.22. The lowest BCUT2D eigenvalue weighted by atomic mass is 10.1. The summed E-state index contributed by atoms with van der Waals surface area (Å²) in [5.41, 5.74) is 4.23. The second kappa shape index (κ2) is 9.73. The predicted molar refractivity (Wildman–Crippen MR) is 130 cm³/mol. The maximum atomic E-state index is 12.5. The van der Waals surface area contributed by atoms with E-state index in [1.807, 2.05) is 41.0 Å². The first-order valence-electron chi connectivity index (χ1n) is 9.74. The lowest BCUT2D eigenvalue weighted by Crippen LogP contribution is -2.16. The van der Waals surface area contributed by atoms with Gasteiger partial charge in [-0.2, -0.15) is 0 Å². The Kier molecular flexibility index (Phi) is 6.79. The molecule has 32 heavy (non-hydrogen) atoms. The molecule has 0 aliphatic rings. The van der Waals surface area contributed by atoms with Crippen molar-refractivity contribution in [1.29, 1.82) is 0 Å². The topological polar surface area (TPSA) is 72.7 Å². The minimum atomic E-state index is -0.261. The number of rotatable bonds is 6. The molecule has 0 radical (unpaired) electrons. The predicted octanol–water partition coefficient (Wildman–Crippen LogP) is 5.98. The van der Waals surface area contributed by atoms with Gasteiger partial charge in [0.05, 0.1) is 21.5 Å². The first-order valence-corrected chi connectivity index (χ1v) is 11.5. The molecule has 0 atom stereocenters. The van der Waals surface area contributed by atoms with E-state index in [1.165, 1.54) is 29.6 Å². The number of anilines is 1. The van der Waals surface area contributed by atoms with Crippen LogP contribution in [-0.4, -0.2) is 31.4 Å². The minimum Gasteiger partial charge on any atom is -0.309 e. The van der Waals surface area contributed by atoms with Crippen molar-refractivity contribution in [2.45, 2.75) is 19.0 Å². The number of carbonyl (C=O) groups excluding carboxylic acids is 1. The van der Waals surface area contributed by atoms with Gasteiger partial charge < -0.3 is 5.32 Å².